The molecule has 1 aliphatic heterocycles. The van der Waals surface area contributed by atoms with Crippen LogP contribution in [0.2, 0.25) is 0 Å². The van der Waals surface area contributed by atoms with E-state index < -0.39 is 17.7 Å². The van der Waals surface area contributed by atoms with E-state index in [9.17, 15) is 14.4 Å². The van der Waals surface area contributed by atoms with Gasteiger partial charge >= 0.3 is 5.97 Å². The van der Waals surface area contributed by atoms with Crippen LogP contribution in [-0.4, -0.2) is 71.8 Å². The molecule has 0 bridgehead atoms. The van der Waals surface area contributed by atoms with Crippen LogP contribution in [0.4, 0.5) is 0 Å². The maximum atomic E-state index is 13.2. The molecule has 0 unspecified atom stereocenters. The fourth-order valence-electron chi connectivity index (χ4n) is 3.78. The van der Waals surface area contributed by atoms with Crippen LogP contribution in [0.15, 0.2) is 24.3 Å². The van der Waals surface area contributed by atoms with Crippen molar-refractivity contribution < 1.29 is 19.1 Å². The van der Waals surface area contributed by atoms with Gasteiger partial charge in [-0.25, -0.2) is 4.79 Å². The summed E-state index contributed by atoms with van der Waals surface area (Å²) >= 11 is 0. The summed E-state index contributed by atoms with van der Waals surface area (Å²) in [6, 6.07) is 7.52. The predicted molar refractivity (Wildman–Crippen MR) is 115 cm³/mol. The average molecular weight is 412 g/mol. The second-order valence-corrected chi connectivity index (χ2v) is 7.52. The van der Waals surface area contributed by atoms with Crippen LogP contribution in [0.25, 0.3) is 11.1 Å². The van der Waals surface area contributed by atoms with Crippen molar-refractivity contribution in [2.24, 2.45) is 0 Å². The van der Waals surface area contributed by atoms with Gasteiger partial charge in [0.05, 0.1) is 12.2 Å². The number of ether oxygens (including phenoxy) is 1. The van der Waals surface area contributed by atoms with Crippen LogP contribution in [0.1, 0.15) is 46.0 Å². The second kappa shape index (κ2) is 9.26. The molecule has 1 aromatic heterocycles. The summed E-state index contributed by atoms with van der Waals surface area (Å²) in [4.78, 5) is 45.7. The highest BCUT2D eigenvalue weighted by atomic mass is 16.5. The van der Waals surface area contributed by atoms with Gasteiger partial charge in [-0.2, -0.15) is 0 Å². The maximum Gasteiger partial charge on any atom is 0.340 e. The fourth-order valence-corrected chi connectivity index (χ4v) is 3.78. The number of nitrogens with zero attached hydrogens (tertiary/aromatic N) is 2. The van der Waals surface area contributed by atoms with E-state index >= 15 is 0 Å². The molecule has 1 N–H and O–H groups in total. The summed E-state index contributed by atoms with van der Waals surface area (Å²) in [5, 5.41) is 0. The van der Waals surface area contributed by atoms with Crippen LogP contribution in [0.5, 0.6) is 0 Å². The molecule has 0 aliphatic carbocycles. The lowest BCUT2D eigenvalue weighted by Gasteiger charge is -2.33. The highest BCUT2D eigenvalue weighted by Gasteiger charge is 2.33. The summed E-state index contributed by atoms with van der Waals surface area (Å²) in [7, 11) is 0. The van der Waals surface area contributed by atoms with Gasteiger partial charge in [-0.15, -0.1) is 0 Å². The molecule has 30 heavy (non-hydrogen) atoms. The minimum Gasteiger partial charge on any atom is -0.462 e. The zero-order chi connectivity index (χ0) is 21.8. The first-order valence-electron chi connectivity index (χ1n) is 10.4. The molecule has 160 valence electrons. The predicted octanol–water partition coefficient (Wildman–Crippen LogP) is 2.82. The number of ketones is 1. The number of Topliss-reactive ketones (excluding diaryl/α,β-unsaturated/α-hetero) is 1. The van der Waals surface area contributed by atoms with E-state index in [1.165, 1.54) is 0 Å². The Morgan fingerprint density at radius 2 is 1.63 bits per heavy atom. The van der Waals surface area contributed by atoms with Crippen molar-refractivity contribution >= 4 is 17.7 Å². The number of carbonyl (C=O) groups is 3. The third kappa shape index (κ3) is 4.31. The molecule has 1 saturated heterocycles. The maximum absolute atomic E-state index is 13.2. The van der Waals surface area contributed by atoms with Crippen LogP contribution >= 0.6 is 0 Å². The minimum absolute atomic E-state index is 0.141. The first kappa shape index (κ1) is 21.8. The van der Waals surface area contributed by atoms with E-state index in [4.69, 9.17) is 4.74 Å². The number of amides is 1. The van der Waals surface area contributed by atoms with Gasteiger partial charge in [-0.1, -0.05) is 36.8 Å². The van der Waals surface area contributed by atoms with E-state index in [2.05, 4.69) is 16.8 Å². The Kier molecular flexibility index (Phi) is 6.72. The molecule has 2 heterocycles. The van der Waals surface area contributed by atoms with Gasteiger partial charge < -0.3 is 19.5 Å². The molecule has 1 aliphatic rings. The Hall–Kier alpha value is -2.93. The molecule has 0 radical (unpaired) electrons. The van der Waals surface area contributed by atoms with Gasteiger partial charge in [-0.05, 0) is 32.9 Å². The molecule has 0 spiro atoms. The zero-order valence-electron chi connectivity index (χ0n) is 18.1. The second-order valence-electron chi connectivity index (χ2n) is 7.52. The van der Waals surface area contributed by atoms with Gasteiger partial charge in [0.15, 0.2) is 0 Å². The summed E-state index contributed by atoms with van der Waals surface area (Å²) in [5.41, 5.74) is 3.13. The Labute approximate surface area is 177 Å². The zero-order valence-corrected chi connectivity index (χ0v) is 18.1. The summed E-state index contributed by atoms with van der Waals surface area (Å²) < 4.78 is 5.22. The van der Waals surface area contributed by atoms with Crippen molar-refractivity contribution in [3.63, 3.8) is 0 Å². The fraction of sp³-hybridized carbons (Fsp3) is 0.435. The SMILES string of the molecule is CCOC(=O)c1c(C)[nH]c(C(=O)C(=O)N2CCN(CC)CC2)c1-c1ccc(C)cc1. The number of piperazine rings is 1. The molecule has 0 atom stereocenters. The number of rotatable bonds is 6. The van der Waals surface area contributed by atoms with E-state index in [1.54, 1.807) is 18.7 Å². The molecule has 1 aromatic carbocycles. The van der Waals surface area contributed by atoms with Crippen molar-refractivity contribution in [3.05, 3.63) is 46.8 Å². The summed E-state index contributed by atoms with van der Waals surface area (Å²) in [6.07, 6.45) is 0. The van der Waals surface area contributed by atoms with Crippen LogP contribution in [-0.2, 0) is 9.53 Å². The number of aromatic nitrogens is 1. The minimum atomic E-state index is -0.630. The monoisotopic (exact) mass is 411 g/mol. The molecular weight excluding hydrogens is 382 g/mol. The van der Waals surface area contributed by atoms with E-state index in [0.29, 0.717) is 35.5 Å². The Balaban J connectivity index is 2.00. The number of hydrogen-bond donors (Lipinski definition) is 1. The highest BCUT2D eigenvalue weighted by molar-refractivity contribution is 6.43. The third-order valence-corrected chi connectivity index (χ3v) is 5.54. The smallest absolute Gasteiger partial charge is 0.340 e. The van der Waals surface area contributed by atoms with Gasteiger partial charge in [0.2, 0.25) is 0 Å². The number of benzene rings is 1. The lowest BCUT2D eigenvalue weighted by atomic mass is 9.97. The van der Waals surface area contributed by atoms with Gasteiger partial charge in [0.1, 0.15) is 5.69 Å². The van der Waals surface area contributed by atoms with Crippen molar-refractivity contribution in [2.75, 3.05) is 39.3 Å². The van der Waals surface area contributed by atoms with Crippen LogP contribution < -0.4 is 0 Å². The van der Waals surface area contributed by atoms with Gasteiger partial charge in [-0.3, -0.25) is 9.59 Å². The van der Waals surface area contributed by atoms with E-state index in [1.807, 2.05) is 31.2 Å². The number of hydrogen-bond acceptors (Lipinski definition) is 5. The number of likely N-dealkylation sites (N-methyl/N-ethyl adjacent to an activating group) is 1. The number of aromatic amines is 1. The standard InChI is InChI=1S/C23H29N3O4/c1-5-25-11-13-26(14-12-25)22(28)21(27)20-19(17-9-7-15(3)8-10-17)18(16(4)24-20)23(29)30-6-2/h7-10,24H,5-6,11-14H2,1-4H3. The number of H-pyrrole nitrogens is 1. The molecule has 7 heteroatoms. The molecule has 1 fully saturated rings. The Morgan fingerprint density at radius 3 is 2.20 bits per heavy atom. The summed E-state index contributed by atoms with van der Waals surface area (Å²) in [5.74, 6) is -1.69. The highest BCUT2D eigenvalue weighted by Crippen LogP contribution is 2.32. The number of carbonyl (C=O) groups excluding carboxylic acids is 3. The number of aryl methyl sites for hydroxylation is 2. The van der Waals surface area contributed by atoms with Crippen molar-refractivity contribution in [3.8, 4) is 11.1 Å². The normalized spacial score (nSPS) is 14.6. The van der Waals surface area contributed by atoms with Crippen LogP contribution in [0.3, 0.4) is 0 Å². The first-order valence-corrected chi connectivity index (χ1v) is 10.4. The molecule has 1 amide bonds. The quantitative estimate of drug-likeness (QED) is 0.449. The van der Waals surface area contributed by atoms with Crippen LogP contribution in [0, 0.1) is 13.8 Å². The summed E-state index contributed by atoms with van der Waals surface area (Å²) in [6.45, 7) is 11.2. The number of nitrogens with one attached hydrogen (secondary N) is 1. The Bertz CT molecular complexity index is 938. The average Bonchev–Trinajstić information content (AvgIpc) is 3.10. The van der Waals surface area contributed by atoms with Crippen molar-refractivity contribution in [1.82, 2.24) is 14.8 Å². The molecule has 7 nitrogen and oxygen atoms in total. The molecule has 3 rings (SSSR count). The Morgan fingerprint density at radius 1 is 1.00 bits per heavy atom. The lowest BCUT2D eigenvalue weighted by molar-refractivity contribution is -0.128. The van der Waals surface area contributed by atoms with Crippen molar-refractivity contribution in [2.45, 2.75) is 27.7 Å². The van der Waals surface area contributed by atoms with E-state index in [0.717, 1.165) is 25.2 Å². The van der Waals surface area contributed by atoms with E-state index in [-0.39, 0.29) is 12.3 Å². The molecule has 2 aromatic rings. The molecular formula is C23H29N3O4. The topological polar surface area (TPSA) is 82.7 Å². The number of esters is 1. The lowest BCUT2D eigenvalue weighted by Crippen LogP contribution is -2.50. The molecule has 0 saturated carbocycles. The third-order valence-electron chi connectivity index (χ3n) is 5.54. The largest absolute Gasteiger partial charge is 0.462 e. The van der Waals surface area contributed by atoms with Gasteiger partial charge in [0, 0.05) is 37.4 Å². The van der Waals surface area contributed by atoms with Crippen molar-refractivity contribution in [1.29, 1.82) is 0 Å². The first-order chi connectivity index (χ1) is 14.4. The van der Waals surface area contributed by atoms with Gasteiger partial charge in [0.25, 0.3) is 11.7 Å².